The number of aromatic nitrogens is 3. The zero-order valence-electron chi connectivity index (χ0n) is 17.1. The Morgan fingerprint density at radius 1 is 1.24 bits per heavy atom. The summed E-state index contributed by atoms with van der Waals surface area (Å²) in [6, 6.07) is 12.2. The second-order valence-electron chi connectivity index (χ2n) is 7.77. The van der Waals surface area contributed by atoms with Gasteiger partial charge >= 0.3 is 0 Å². The molecule has 1 saturated heterocycles. The number of para-hydroxylation sites is 2. The zero-order chi connectivity index (χ0) is 20.1. The highest BCUT2D eigenvalue weighted by Crippen LogP contribution is 2.27. The number of pyridine rings is 1. The fourth-order valence-electron chi connectivity index (χ4n) is 4.05. The molecule has 1 unspecified atom stereocenters. The summed E-state index contributed by atoms with van der Waals surface area (Å²) < 4.78 is 2.33. The first-order valence-electron chi connectivity index (χ1n) is 10.6. The van der Waals surface area contributed by atoms with E-state index in [0.717, 1.165) is 55.8 Å². The molecular formula is C23H29N5O. The Bertz CT molecular complexity index is 952. The molecule has 1 aromatic carbocycles. The van der Waals surface area contributed by atoms with Crippen LogP contribution in [0.15, 0.2) is 48.8 Å². The number of benzene rings is 1. The first-order valence-corrected chi connectivity index (χ1v) is 10.6. The standard InChI is InChI=1S/C23H29N5O/c1-2-3-14-28-21-11-5-4-10-20(21)26-23(28)27-13-7-9-19(17-27)22(29)25-16-18-8-6-12-24-15-18/h4-6,8,10-12,15,19H,2-3,7,9,13-14,16-17H2,1H3,(H,25,29). The fourth-order valence-corrected chi connectivity index (χ4v) is 4.05. The van der Waals surface area contributed by atoms with E-state index in [1.807, 2.05) is 18.2 Å². The van der Waals surface area contributed by atoms with Gasteiger partial charge in [0.05, 0.1) is 17.0 Å². The van der Waals surface area contributed by atoms with Gasteiger partial charge in [0, 0.05) is 38.6 Å². The number of nitrogens with zero attached hydrogens (tertiary/aromatic N) is 4. The van der Waals surface area contributed by atoms with Crippen molar-refractivity contribution in [3.8, 4) is 0 Å². The molecule has 29 heavy (non-hydrogen) atoms. The summed E-state index contributed by atoms with van der Waals surface area (Å²) in [4.78, 5) is 24.1. The topological polar surface area (TPSA) is 63.1 Å². The normalized spacial score (nSPS) is 16.9. The number of piperidine rings is 1. The minimum Gasteiger partial charge on any atom is -0.352 e. The lowest BCUT2D eigenvalue weighted by Crippen LogP contribution is -2.43. The Labute approximate surface area is 172 Å². The number of anilines is 1. The van der Waals surface area contributed by atoms with Gasteiger partial charge in [-0.1, -0.05) is 31.5 Å². The van der Waals surface area contributed by atoms with Crippen molar-refractivity contribution < 1.29 is 4.79 Å². The van der Waals surface area contributed by atoms with E-state index in [-0.39, 0.29) is 11.8 Å². The minimum absolute atomic E-state index is 0.0140. The first kappa shape index (κ1) is 19.4. The molecular weight excluding hydrogens is 362 g/mol. The molecule has 1 fully saturated rings. The zero-order valence-corrected chi connectivity index (χ0v) is 17.1. The van der Waals surface area contributed by atoms with Crippen LogP contribution in [-0.2, 0) is 17.9 Å². The largest absolute Gasteiger partial charge is 0.352 e. The molecule has 1 N–H and O–H groups in total. The Kier molecular flexibility index (Phi) is 6.08. The van der Waals surface area contributed by atoms with Crippen LogP contribution >= 0.6 is 0 Å². The van der Waals surface area contributed by atoms with E-state index in [1.54, 1.807) is 12.4 Å². The van der Waals surface area contributed by atoms with Crippen molar-refractivity contribution in [3.63, 3.8) is 0 Å². The van der Waals surface area contributed by atoms with Crippen molar-refractivity contribution >= 4 is 22.9 Å². The predicted molar refractivity (Wildman–Crippen MR) is 116 cm³/mol. The van der Waals surface area contributed by atoms with Crippen LogP contribution in [0.5, 0.6) is 0 Å². The van der Waals surface area contributed by atoms with E-state index in [2.05, 4.69) is 44.9 Å². The van der Waals surface area contributed by atoms with Gasteiger partial charge in [-0.3, -0.25) is 9.78 Å². The van der Waals surface area contributed by atoms with Gasteiger partial charge in [-0.25, -0.2) is 4.98 Å². The SMILES string of the molecule is CCCCn1c(N2CCCC(C(=O)NCc3cccnc3)C2)nc2ccccc21. The quantitative estimate of drug-likeness (QED) is 0.666. The molecule has 0 saturated carbocycles. The fraction of sp³-hybridized carbons (Fsp3) is 0.435. The van der Waals surface area contributed by atoms with E-state index in [0.29, 0.717) is 13.1 Å². The maximum Gasteiger partial charge on any atom is 0.225 e. The summed E-state index contributed by atoms with van der Waals surface area (Å²) in [5.41, 5.74) is 3.23. The average molecular weight is 392 g/mol. The summed E-state index contributed by atoms with van der Waals surface area (Å²) in [5.74, 6) is 1.11. The summed E-state index contributed by atoms with van der Waals surface area (Å²) in [6.45, 7) is 5.36. The van der Waals surface area contributed by atoms with Crippen LogP contribution in [0.1, 0.15) is 38.2 Å². The molecule has 3 heterocycles. The van der Waals surface area contributed by atoms with Crippen LogP contribution in [0.25, 0.3) is 11.0 Å². The second kappa shape index (κ2) is 9.07. The first-order chi connectivity index (χ1) is 14.3. The number of unbranched alkanes of at least 4 members (excludes halogenated alkanes) is 1. The van der Waals surface area contributed by atoms with Gasteiger partial charge in [-0.15, -0.1) is 0 Å². The summed E-state index contributed by atoms with van der Waals surface area (Å²) in [6.07, 6.45) is 7.73. The number of carbonyl (C=O) groups excluding carboxylic acids is 1. The molecule has 1 aliphatic rings. The van der Waals surface area contributed by atoms with Gasteiger partial charge in [0.2, 0.25) is 11.9 Å². The van der Waals surface area contributed by atoms with Crippen LogP contribution in [0.4, 0.5) is 5.95 Å². The smallest absolute Gasteiger partial charge is 0.225 e. The molecule has 1 aliphatic heterocycles. The Morgan fingerprint density at radius 3 is 2.97 bits per heavy atom. The van der Waals surface area contributed by atoms with Crippen LogP contribution < -0.4 is 10.2 Å². The van der Waals surface area contributed by atoms with Gasteiger partial charge in [0.15, 0.2) is 0 Å². The number of nitrogens with one attached hydrogen (secondary N) is 1. The lowest BCUT2D eigenvalue weighted by Gasteiger charge is -2.33. The van der Waals surface area contributed by atoms with E-state index < -0.39 is 0 Å². The number of hydrogen-bond donors (Lipinski definition) is 1. The molecule has 152 valence electrons. The predicted octanol–water partition coefficient (Wildman–Crippen LogP) is 3.76. The van der Waals surface area contributed by atoms with Crippen molar-refractivity contribution in [1.82, 2.24) is 19.9 Å². The number of rotatable bonds is 7. The average Bonchev–Trinajstić information content (AvgIpc) is 3.15. The molecule has 0 radical (unpaired) electrons. The van der Waals surface area contributed by atoms with Crippen molar-refractivity contribution in [3.05, 3.63) is 54.4 Å². The number of aryl methyl sites for hydroxylation is 1. The Morgan fingerprint density at radius 2 is 2.14 bits per heavy atom. The van der Waals surface area contributed by atoms with Crippen molar-refractivity contribution in [2.24, 2.45) is 5.92 Å². The van der Waals surface area contributed by atoms with E-state index >= 15 is 0 Å². The van der Waals surface area contributed by atoms with Crippen LogP contribution in [-0.4, -0.2) is 33.5 Å². The van der Waals surface area contributed by atoms with Crippen molar-refractivity contribution in [2.45, 2.75) is 45.7 Å². The van der Waals surface area contributed by atoms with Crippen LogP contribution in [0.3, 0.4) is 0 Å². The van der Waals surface area contributed by atoms with Gasteiger partial charge in [0.25, 0.3) is 0 Å². The number of hydrogen-bond acceptors (Lipinski definition) is 4. The van der Waals surface area contributed by atoms with Gasteiger partial charge < -0.3 is 14.8 Å². The third kappa shape index (κ3) is 4.42. The van der Waals surface area contributed by atoms with E-state index in [1.165, 1.54) is 5.52 Å². The molecule has 0 spiro atoms. The van der Waals surface area contributed by atoms with Crippen molar-refractivity contribution in [1.29, 1.82) is 0 Å². The minimum atomic E-state index is -0.0140. The Balaban J connectivity index is 1.48. The highest BCUT2D eigenvalue weighted by Gasteiger charge is 2.28. The summed E-state index contributed by atoms with van der Waals surface area (Å²) >= 11 is 0. The molecule has 0 aliphatic carbocycles. The molecule has 1 atom stereocenters. The number of fused-ring (bicyclic) bond motifs is 1. The molecule has 6 heteroatoms. The maximum atomic E-state index is 12.8. The lowest BCUT2D eigenvalue weighted by molar-refractivity contribution is -0.125. The second-order valence-corrected chi connectivity index (χ2v) is 7.77. The lowest BCUT2D eigenvalue weighted by atomic mass is 9.97. The van der Waals surface area contributed by atoms with Gasteiger partial charge in [0.1, 0.15) is 0 Å². The van der Waals surface area contributed by atoms with E-state index in [9.17, 15) is 4.79 Å². The third-order valence-corrected chi connectivity index (χ3v) is 5.63. The molecule has 2 aromatic heterocycles. The molecule has 4 rings (SSSR count). The highest BCUT2D eigenvalue weighted by atomic mass is 16.1. The summed E-state index contributed by atoms with van der Waals surface area (Å²) in [7, 11) is 0. The molecule has 0 bridgehead atoms. The van der Waals surface area contributed by atoms with Crippen LogP contribution in [0.2, 0.25) is 0 Å². The monoisotopic (exact) mass is 391 g/mol. The number of imidazole rings is 1. The van der Waals surface area contributed by atoms with Gasteiger partial charge in [-0.2, -0.15) is 0 Å². The number of amides is 1. The third-order valence-electron chi connectivity index (χ3n) is 5.63. The van der Waals surface area contributed by atoms with Gasteiger partial charge in [-0.05, 0) is 43.0 Å². The Hall–Kier alpha value is -2.89. The van der Waals surface area contributed by atoms with Crippen molar-refractivity contribution in [2.75, 3.05) is 18.0 Å². The maximum absolute atomic E-state index is 12.8. The molecule has 6 nitrogen and oxygen atoms in total. The molecule has 1 amide bonds. The van der Waals surface area contributed by atoms with E-state index in [4.69, 9.17) is 4.98 Å². The summed E-state index contributed by atoms with van der Waals surface area (Å²) in [5, 5.41) is 3.08. The molecule has 3 aromatic rings. The number of carbonyl (C=O) groups is 1. The van der Waals surface area contributed by atoms with Crippen LogP contribution in [0, 0.1) is 5.92 Å². The highest BCUT2D eigenvalue weighted by molar-refractivity contribution is 5.81.